The van der Waals surface area contributed by atoms with Crippen molar-refractivity contribution in [1.82, 2.24) is 4.98 Å². The van der Waals surface area contributed by atoms with E-state index in [1.54, 1.807) is 0 Å². The van der Waals surface area contributed by atoms with Crippen molar-refractivity contribution < 1.29 is 4.74 Å². The number of hydrogen-bond acceptors (Lipinski definition) is 3. The van der Waals surface area contributed by atoms with E-state index in [4.69, 9.17) is 4.74 Å². The molecule has 19 heavy (non-hydrogen) atoms. The van der Waals surface area contributed by atoms with Gasteiger partial charge in [-0.05, 0) is 37.1 Å². The molecular formula is C16H18N2O. The van der Waals surface area contributed by atoms with Crippen molar-refractivity contribution in [3.8, 4) is 5.75 Å². The highest BCUT2D eigenvalue weighted by Crippen LogP contribution is 2.25. The number of anilines is 1. The molecule has 0 aliphatic carbocycles. The van der Waals surface area contributed by atoms with Gasteiger partial charge in [0.2, 0.25) is 0 Å². The predicted molar refractivity (Wildman–Crippen MR) is 76.5 cm³/mol. The van der Waals surface area contributed by atoms with E-state index < -0.39 is 0 Å². The molecule has 0 unspecified atom stereocenters. The van der Waals surface area contributed by atoms with E-state index >= 15 is 0 Å². The van der Waals surface area contributed by atoms with Crippen molar-refractivity contribution in [1.29, 1.82) is 0 Å². The Balaban J connectivity index is 1.64. The maximum Gasteiger partial charge on any atom is 0.119 e. The third-order valence-corrected chi connectivity index (χ3v) is 3.56. The Kier molecular flexibility index (Phi) is 3.63. The van der Waals surface area contributed by atoms with E-state index in [-0.39, 0.29) is 0 Å². The van der Waals surface area contributed by atoms with Gasteiger partial charge in [-0.1, -0.05) is 18.2 Å². The molecule has 3 rings (SSSR count). The molecule has 98 valence electrons. The highest BCUT2D eigenvalue weighted by atomic mass is 16.5. The first-order chi connectivity index (χ1) is 9.43. The molecule has 3 heteroatoms. The number of ether oxygens (including phenoxy) is 1. The summed E-state index contributed by atoms with van der Waals surface area (Å²) in [7, 11) is 0. The standard InChI is InChI=1S/C16H18N2O/c1-2-6-16(7-3-1)19-13-15-5-4-12-18(15)14-8-10-17-11-9-14/h1-3,6-11,15H,4-5,12-13H2/t15-/m0/s1. The first-order valence-corrected chi connectivity index (χ1v) is 6.78. The highest BCUT2D eigenvalue weighted by molar-refractivity contribution is 5.46. The van der Waals surface area contributed by atoms with Gasteiger partial charge in [-0.3, -0.25) is 4.98 Å². The van der Waals surface area contributed by atoms with E-state index in [2.05, 4.69) is 22.0 Å². The molecule has 1 aliphatic heterocycles. The zero-order valence-electron chi connectivity index (χ0n) is 10.9. The lowest BCUT2D eigenvalue weighted by Gasteiger charge is -2.26. The number of rotatable bonds is 4. The van der Waals surface area contributed by atoms with Crippen LogP contribution in [0.15, 0.2) is 54.9 Å². The van der Waals surface area contributed by atoms with Crippen molar-refractivity contribution in [2.24, 2.45) is 0 Å². The topological polar surface area (TPSA) is 25.4 Å². The van der Waals surface area contributed by atoms with E-state index in [1.165, 1.54) is 18.5 Å². The Hall–Kier alpha value is -2.03. The summed E-state index contributed by atoms with van der Waals surface area (Å²) in [6.07, 6.45) is 6.12. The molecule has 0 bridgehead atoms. The minimum absolute atomic E-state index is 0.461. The van der Waals surface area contributed by atoms with Crippen LogP contribution in [0.5, 0.6) is 5.75 Å². The zero-order chi connectivity index (χ0) is 12.9. The number of aromatic nitrogens is 1. The molecule has 2 aromatic rings. The van der Waals surface area contributed by atoms with Gasteiger partial charge in [-0.15, -0.1) is 0 Å². The van der Waals surface area contributed by atoms with Crippen LogP contribution in [0.1, 0.15) is 12.8 Å². The van der Waals surface area contributed by atoms with Gasteiger partial charge >= 0.3 is 0 Å². The summed E-state index contributed by atoms with van der Waals surface area (Å²) in [6.45, 7) is 1.85. The Morgan fingerprint density at radius 2 is 1.89 bits per heavy atom. The summed E-state index contributed by atoms with van der Waals surface area (Å²) in [5.74, 6) is 0.948. The van der Waals surface area contributed by atoms with Crippen LogP contribution in [-0.4, -0.2) is 24.2 Å². The fraction of sp³-hybridized carbons (Fsp3) is 0.312. The molecule has 1 fully saturated rings. The van der Waals surface area contributed by atoms with Gasteiger partial charge in [-0.25, -0.2) is 0 Å². The summed E-state index contributed by atoms with van der Waals surface area (Å²) in [4.78, 5) is 6.50. The van der Waals surface area contributed by atoms with Gasteiger partial charge in [0.1, 0.15) is 12.4 Å². The van der Waals surface area contributed by atoms with Crippen molar-refractivity contribution in [2.75, 3.05) is 18.1 Å². The lowest BCUT2D eigenvalue weighted by atomic mass is 10.2. The molecular weight excluding hydrogens is 236 g/mol. The fourth-order valence-electron chi connectivity index (χ4n) is 2.59. The summed E-state index contributed by atoms with van der Waals surface area (Å²) >= 11 is 0. The summed E-state index contributed by atoms with van der Waals surface area (Å²) in [6, 6.07) is 14.6. The normalized spacial score (nSPS) is 18.5. The molecule has 1 atom stereocenters. The zero-order valence-corrected chi connectivity index (χ0v) is 10.9. The quantitative estimate of drug-likeness (QED) is 0.838. The van der Waals surface area contributed by atoms with Crippen LogP contribution < -0.4 is 9.64 Å². The van der Waals surface area contributed by atoms with E-state index in [0.29, 0.717) is 6.04 Å². The van der Waals surface area contributed by atoms with Crippen LogP contribution in [0.2, 0.25) is 0 Å². The number of benzene rings is 1. The molecule has 2 heterocycles. The number of pyridine rings is 1. The van der Waals surface area contributed by atoms with Crippen molar-refractivity contribution in [2.45, 2.75) is 18.9 Å². The molecule has 0 spiro atoms. The summed E-state index contributed by atoms with van der Waals surface area (Å²) < 4.78 is 5.88. The minimum Gasteiger partial charge on any atom is -0.491 e. The van der Waals surface area contributed by atoms with Crippen molar-refractivity contribution >= 4 is 5.69 Å². The highest BCUT2D eigenvalue weighted by Gasteiger charge is 2.25. The average molecular weight is 254 g/mol. The van der Waals surface area contributed by atoms with Crippen LogP contribution in [0.4, 0.5) is 5.69 Å². The molecule has 0 saturated carbocycles. The largest absolute Gasteiger partial charge is 0.491 e. The van der Waals surface area contributed by atoms with Gasteiger partial charge < -0.3 is 9.64 Å². The summed E-state index contributed by atoms with van der Waals surface area (Å²) in [5, 5.41) is 0. The number of hydrogen-bond donors (Lipinski definition) is 0. The Morgan fingerprint density at radius 1 is 1.11 bits per heavy atom. The second kappa shape index (κ2) is 5.74. The molecule has 1 aromatic carbocycles. The Morgan fingerprint density at radius 3 is 2.68 bits per heavy atom. The van der Waals surface area contributed by atoms with Crippen LogP contribution in [0.25, 0.3) is 0 Å². The van der Waals surface area contributed by atoms with Gasteiger partial charge in [-0.2, -0.15) is 0 Å². The molecule has 0 N–H and O–H groups in total. The minimum atomic E-state index is 0.461. The van der Waals surface area contributed by atoms with Crippen molar-refractivity contribution in [3.63, 3.8) is 0 Å². The van der Waals surface area contributed by atoms with E-state index in [9.17, 15) is 0 Å². The van der Waals surface area contributed by atoms with E-state index in [1.807, 2.05) is 42.7 Å². The summed E-state index contributed by atoms with van der Waals surface area (Å²) in [5.41, 5.74) is 1.24. The van der Waals surface area contributed by atoms with E-state index in [0.717, 1.165) is 18.9 Å². The molecule has 1 saturated heterocycles. The van der Waals surface area contributed by atoms with Gasteiger partial charge in [0.05, 0.1) is 6.04 Å². The van der Waals surface area contributed by atoms with Crippen LogP contribution in [-0.2, 0) is 0 Å². The maximum atomic E-state index is 5.88. The average Bonchev–Trinajstić information content (AvgIpc) is 2.95. The van der Waals surface area contributed by atoms with Crippen LogP contribution in [0, 0.1) is 0 Å². The fourth-order valence-corrected chi connectivity index (χ4v) is 2.59. The van der Waals surface area contributed by atoms with Gasteiger partial charge in [0.15, 0.2) is 0 Å². The van der Waals surface area contributed by atoms with Crippen molar-refractivity contribution in [3.05, 3.63) is 54.9 Å². The molecule has 1 aromatic heterocycles. The SMILES string of the molecule is c1ccc(OC[C@@H]2CCCN2c2ccncc2)cc1. The Labute approximate surface area is 113 Å². The Bertz CT molecular complexity index is 501. The number of nitrogens with zero attached hydrogens (tertiary/aromatic N) is 2. The molecule has 0 amide bonds. The van der Waals surface area contributed by atoms with Crippen LogP contribution in [0.3, 0.4) is 0 Å². The van der Waals surface area contributed by atoms with Gasteiger partial charge in [0.25, 0.3) is 0 Å². The third-order valence-electron chi connectivity index (χ3n) is 3.56. The second-order valence-electron chi connectivity index (χ2n) is 4.82. The predicted octanol–water partition coefficient (Wildman–Crippen LogP) is 3.13. The third kappa shape index (κ3) is 2.87. The lowest BCUT2D eigenvalue weighted by Crippen LogP contribution is -2.34. The van der Waals surface area contributed by atoms with Gasteiger partial charge in [0, 0.05) is 24.6 Å². The molecule has 3 nitrogen and oxygen atoms in total. The first kappa shape index (κ1) is 12.0. The van der Waals surface area contributed by atoms with Crippen LogP contribution >= 0.6 is 0 Å². The molecule has 1 aliphatic rings. The second-order valence-corrected chi connectivity index (χ2v) is 4.82. The molecule has 0 radical (unpaired) electrons. The maximum absolute atomic E-state index is 5.88. The lowest BCUT2D eigenvalue weighted by molar-refractivity contribution is 0.288. The monoisotopic (exact) mass is 254 g/mol. The number of para-hydroxylation sites is 1. The first-order valence-electron chi connectivity index (χ1n) is 6.78. The smallest absolute Gasteiger partial charge is 0.119 e.